The molecule has 2 rings (SSSR count). The Bertz CT molecular complexity index is 573. The molecular weight excluding hydrogens is 238 g/mol. The van der Waals surface area contributed by atoms with Crippen LogP contribution in [-0.4, -0.2) is 7.11 Å². The second kappa shape index (κ2) is 4.91. The van der Waals surface area contributed by atoms with E-state index in [9.17, 15) is 8.78 Å². The van der Waals surface area contributed by atoms with Crippen LogP contribution in [0.3, 0.4) is 0 Å². The first-order valence-electron chi connectivity index (χ1n) is 5.26. The molecule has 0 heterocycles. The summed E-state index contributed by atoms with van der Waals surface area (Å²) >= 11 is 0. The van der Waals surface area contributed by atoms with Crippen LogP contribution >= 0.6 is 0 Å². The number of anilines is 3. The summed E-state index contributed by atoms with van der Waals surface area (Å²) in [5.41, 5.74) is 7.09. The van der Waals surface area contributed by atoms with Gasteiger partial charge in [-0.2, -0.15) is 0 Å². The monoisotopic (exact) mass is 250 g/mol. The molecule has 0 aliphatic heterocycles. The summed E-state index contributed by atoms with van der Waals surface area (Å²) in [7, 11) is 1.37. The third-order valence-electron chi connectivity index (χ3n) is 2.45. The van der Waals surface area contributed by atoms with E-state index in [0.29, 0.717) is 17.1 Å². The van der Waals surface area contributed by atoms with Crippen LogP contribution < -0.4 is 15.8 Å². The normalized spacial score (nSPS) is 10.2. The molecule has 0 bridgehead atoms. The van der Waals surface area contributed by atoms with Gasteiger partial charge in [0.25, 0.3) is 0 Å². The summed E-state index contributed by atoms with van der Waals surface area (Å²) in [5.74, 6) is -0.758. The number of methoxy groups -OCH3 is 1. The quantitative estimate of drug-likeness (QED) is 0.822. The van der Waals surface area contributed by atoms with Crippen molar-refractivity contribution in [3.05, 3.63) is 48.0 Å². The lowest BCUT2D eigenvalue weighted by Gasteiger charge is -2.11. The van der Waals surface area contributed by atoms with Crippen LogP contribution in [0.5, 0.6) is 5.75 Å². The number of hydrogen-bond donors (Lipinski definition) is 2. The Hall–Kier alpha value is -2.30. The van der Waals surface area contributed by atoms with Crippen LogP contribution in [0.4, 0.5) is 25.8 Å². The molecular formula is C13H12F2N2O. The van der Waals surface area contributed by atoms with Crippen LogP contribution in [0.1, 0.15) is 0 Å². The molecule has 2 aromatic rings. The fourth-order valence-electron chi connectivity index (χ4n) is 1.53. The van der Waals surface area contributed by atoms with E-state index in [1.54, 1.807) is 0 Å². The largest absolute Gasteiger partial charge is 0.494 e. The molecule has 0 amide bonds. The summed E-state index contributed by atoms with van der Waals surface area (Å²) in [6, 6.07) is 8.24. The van der Waals surface area contributed by atoms with Gasteiger partial charge in [0.15, 0.2) is 11.6 Å². The molecule has 3 nitrogen and oxygen atoms in total. The van der Waals surface area contributed by atoms with E-state index < -0.39 is 11.6 Å². The number of nitrogens with two attached hydrogens (primary N) is 1. The van der Waals surface area contributed by atoms with Gasteiger partial charge in [-0.15, -0.1) is 0 Å². The third kappa shape index (κ3) is 2.51. The fraction of sp³-hybridized carbons (Fsp3) is 0.0769. The Morgan fingerprint density at radius 1 is 1.11 bits per heavy atom. The van der Waals surface area contributed by atoms with E-state index in [-0.39, 0.29) is 5.75 Å². The average molecular weight is 250 g/mol. The Balaban J connectivity index is 2.31. The van der Waals surface area contributed by atoms with Gasteiger partial charge < -0.3 is 15.8 Å². The molecule has 0 aliphatic rings. The van der Waals surface area contributed by atoms with Gasteiger partial charge in [0.2, 0.25) is 0 Å². The van der Waals surface area contributed by atoms with Crippen molar-refractivity contribution < 1.29 is 13.5 Å². The first-order valence-corrected chi connectivity index (χ1v) is 5.26. The molecule has 0 aromatic heterocycles. The minimum absolute atomic E-state index is 0.106. The van der Waals surface area contributed by atoms with Crippen LogP contribution in [-0.2, 0) is 0 Å². The van der Waals surface area contributed by atoms with Crippen LogP contribution in [0, 0.1) is 11.6 Å². The lowest BCUT2D eigenvalue weighted by atomic mass is 10.2. The molecule has 0 atom stereocenters. The SMILES string of the molecule is COc1cc(Nc2cc(F)ccc2N)ccc1F. The minimum Gasteiger partial charge on any atom is -0.494 e. The van der Waals surface area contributed by atoms with Gasteiger partial charge in [0.1, 0.15) is 5.82 Å². The number of nitrogens with one attached hydrogen (secondary N) is 1. The summed E-state index contributed by atoms with van der Waals surface area (Å²) in [5, 5.41) is 2.90. The molecule has 2 aromatic carbocycles. The van der Waals surface area contributed by atoms with Gasteiger partial charge in [-0.05, 0) is 30.3 Å². The standard InChI is InChI=1S/C13H12F2N2O/c1-18-13-7-9(3-4-10(13)15)17-12-6-8(14)2-5-11(12)16/h2-7,17H,16H2,1H3. The maximum atomic E-state index is 13.2. The van der Waals surface area contributed by atoms with Gasteiger partial charge in [-0.25, -0.2) is 8.78 Å². The Morgan fingerprint density at radius 2 is 1.89 bits per heavy atom. The van der Waals surface area contributed by atoms with Gasteiger partial charge in [0.05, 0.1) is 18.5 Å². The summed E-state index contributed by atoms with van der Waals surface area (Å²) in [6.07, 6.45) is 0. The average Bonchev–Trinajstić information content (AvgIpc) is 2.36. The number of rotatable bonds is 3. The fourth-order valence-corrected chi connectivity index (χ4v) is 1.53. The smallest absolute Gasteiger partial charge is 0.165 e. The van der Waals surface area contributed by atoms with E-state index in [2.05, 4.69) is 5.32 Å². The Morgan fingerprint density at radius 3 is 2.61 bits per heavy atom. The van der Waals surface area contributed by atoms with Crippen LogP contribution in [0.15, 0.2) is 36.4 Å². The first-order chi connectivity index (χ1) is 8.60. The highest BCUT2D eigenvalue weighted by molar-refractivity contribution is 5.72. The van der Waals surface area contributed by atoms with E-state index in [4.69, 9.17) is 10.5 Å². The number of benzene rings is 2. The zero-order chi connectivity index (χ0) is 13.1. The molecule has 18 heavy (non-hydrogen) atoms. The molecule has 0 spiro atoms. The molecule has 3 N–H and O–H groups in total. The Labute approximate surface area is 103 Å². The predicted octanol–water partition coefficient (Wildman–Crippen LogP) is 3.30. The van der Waals surface area contributed by atoms with E-state index >= 15 is 0 Å². The molecule has 0 aliphatic carbocycles. The zero-order valence-electron chi connectivity index (χ0n) is 9.71. The number of ether oxygens (including phenoxy) is 1. The van der Waals surface area contributed by atoms with Crippen molar-refractivity contribution in [2.45, 2.75) is 0 Å². The molecule has 0 radical (unpaired) electrons. The number of nitrogen functional groups attached to an aromatic ring is 1. The number of hydrogen-bond acceptors (Lipinski definition) is 3. The summed E-state index contributed by atoms with van der Waals surface area (Å²) < 4.78 is 31.2. The van der Waals surface area contributed by atoms with Crippen molar-refractivity contribution in [3.8, 4) is 5.75 Å². The first kappa shape index (κ1) is 12.2. The van der Waals surface area contributed by atoms with Crippen LogP contribution in [0.25, 0.3) is 0 Å². The van der Waals surface area contributed by atoms with Gasteiger partial charge >= 0.3 is 0 Å². The molecule has 0 unspecified atom stereocenters. The lowest BCUT2D eigenvalue weighted by Crippen LogP contribution is -1.98. The second-order valence-corrected chi connectivity index (χ2v) is 3.71. The molecule has 0 saturated carbocycles. The molecule has 0 saturated heterocycles. The van der Waals surface area contributed by atoms with Crippen molar-refractivity contribution in [1.82, 2.24) is 0 Å². The van der Waals surface area contributed by atoms with Crippen molar-refractivity contribution in [2.24, 2.45) is 0 Å². The Kier molecular flexibility index (Phi) is 3.32. The summed E-state index contributed by atoms with van der Waals surface area (Å²) in [4.78, 5) is 0. The van der Waals surface area contributed by atoms with Crippen molar-refractivity contribution in [1.29, 1.82) is 0 Å². The maximum absolute atomic E-state index is 13.2. The third-order valence-corrected chi connectivity index (χ3v) is 2.45. The van der Waals surface area contributed by atoms with Gasteiger partial charge in [-0.3, -0.25) is 0 Å². The van der Waals surface area contributed by atoms with E-state index in [1.807, 2.05) is 0 Å². The minimum atomic E-state index is -0.463. The second-order valence-electron chi connectivity index (χ2n) is 3.71. The van der Waals surface area contributed by atoms with Crippen molar-refractivity contribution >= 4 is 17.1 Å². The molecule has 0 fully saturated rings. The van der Waals surface area contributed by atoms with Gasteiger partial charge in [-0.1, -0.05) is 0 Å². The highest BCUT2D eigenvalue weighted by atomic mass is 19.1. The molecule has 5 heteroatoms. The van der Waals surface area contributed by atoms with E-state index in [1.165, 1.54) is 43.5 Å². The van der Waals surface area contributed by atoms with Crippen LogP contribution in [0.2, 0.25) is 0 Å². The van der Waals surface area contributed by atoms with Gasteiger partial charge in [0, 0.05) is 11.8 Å². The maximum Gasteiger partial charge on any atom is 0.165 e. The predicted molar refractivity (Wildman–Crippen MR) is 67.0 cm³/mol. The highest BCUT2D eigenvalue weighted by Crippen LogP contribution is 2.27. The number of halogens is 2. The zero-order valence-corrected chi connectivity index (χ0v) is 9.71. The topological polar surface area (TPSA) is 47.3 Å². The molecule has 94 valence electrons. The van der Waals surface area contributed by atoms with Crippen molar-refractivity contribution in [3.63, 3.8) is 0 Å². The van der Waals surface area contributed by atoms with Crippen molar-refractivity contribution in [2.75, 3.05) is 18.2 Å². The highest BCUT2D eigenvalue weighted by Gasteiger charge is 2.06. The van der Waals surface area contributed by atoms with E-state index in [0.717, 1.165) is 0 Å². The summed E-state index contributed by atoms with van der Waals surface area (Å²) in [6.45, 7) is 0. The lowest BCUT2D eigenvalue weighted by molar-refractivity contribution is 0.387.